The maximum Gasteiger partial charge on any atom is -0.00160 e. The average molecular weight is 457 g/mol. The van der Waals surface area contributed by atoms with E-state index in [-0.39, 0.29) is 12.4 Å². The van der Waals surface area contributed by atoms with Crippen molar-refractivity contribution in [3.63, 3.8) is 0 Å². The van der Waals surface area contributed by atoms with Crippen molar-refractivity contribution in [1.29, 1.82) is 0 Å². The number of nitrogens with zero attached hydrogens (tertiary/aromatic N) is 2. The molecule has 2 heterocycles. The van der Waals surface area contributed by atoms with Crippen molar-refractivity contribution in [2.75, 3.05) is 39.8 Å². The number of hydrogen-bond donors (Lipinski definition) is 0. The number of rotatable bonds is 17. The first kappa shape index (κ1) is 29.2. The predicted octanol–water partition coefficient (Wildman–Crippen LogP) is 8.33. The molecule has 0 spiro atoms. The Bertz CT molecular complexity index is 373. The summed E-state index contributed by atoms with van der Waals surface area (Å²) in [5, 5.41) is 0. The summed E-state index contributed by atoms with van der Waals surface area (Å²) in [6, 6.07) is 0. The molecule has 0 aromatic carbocycles. The molecule has 2 fully saturated rings. The third kappa shape index (κ3) is 14.2. The molecular formula is C28H57ClN2. The van der Waals surface area contributed by atoms with Gasteiger partial charge in [0.2, 0.25) is 0 Å². The molecule has 0 bridgehead atoms. The van der Waals surface area contributed by atoms with E-state index >= 15 is 0 Å². The highest BCUT2D eigenvalue weighted by Crippen LogP contribution is 2.32. The molecule has 0 radical (unpaired) electrons. The van der Waals surface area contributed by atoms with Crippen LogP contribution in [0.25, 0.3) is 0 Å². The Labute approximate surface area is 202 Å². The molecule has 0 aliphatic carbocycles. The summed E-state index contributed by atoms with van der Waals surface area (Å²) >= 11 is 0. The monoisotopic (exact) mass is 456 g/mol. The largest absolute Gasteiger partial charge is 0.306 e. The highest BCUT2D eigenvalue weighted by atomic mass is 35.5. The molecule has 2 aliphatic heterocycles. The van der Waals surface area contributed by atoms with E-state index in [4.69, 9.17) is 0 Å². The first-order chi connectivity index (χ1) is 14.8. The SMILES string of the molecule is CCCCCCCCCCCCCCCCCN1CCC(C2CCN(C)CC2)CC1.Cl. The van der Waals surface area contributed by atoms with Crippen LogP contribution in [0.15, 0.2) is 0 Å². The molecule has 0 unspecified atom stereocenters. The van der Waals surface area contributed by atoms with Crippen LogP contribution in [-0.4, -0.2) is 49.6 Å². The highest BCUT2D eigenvalue weighted by molar-refractivity contribution is 5.85. The molecule has 2 nitrogen and oxygen atoms in total. The van der Waals surface area contributed by atoms with Crippen molar-refractivity contribution in [3.8, 4) is 0 Å². The summed E-state index contributed by atoms with van der Waals surface area (Å²) in [6.45, 7) is 9.12. The third-order valence-corrected chi connectivity index (χ3v) is 8.14. The Hall–Kier alpha value is 0.210. The van der Waals surface area contributed by atoms with Gasteiger partial charge in [0.1, 0.15) is 0 Å². The van der Waals surface area contributed by atoms with Crippen molar-refractivity contribution in [2.45, 2.75) is 129 Å². The number of unbranched alkanes of at least 4 members (excludes halogenated alkanes) is 14. The van der Waals surface area contributed by atoms with Crippen LogP contribution in [0.4, 0.5) is 0 Å². The second-order valence-corrected chi connectivity index (χ2v) is 10.8. The lowest BCUT2D eigenvalue weighted by Crippen LogP contribution is -2.40. The Morgan fingerprint density at radius 1 is 0.516 bits per heavy atom. The highest BCUT2D eigenvalue weighted by Gasteiger charge is 2.28. The van der Waals surface area contributed by atoms with Crippen molar-refractivity contribution < 1.29 is 0 Å². The zero-order chi connectivity index (χ0) is 21.3. The molecule has 0 aromatic heterocycles. The molecule has 2 rings (SSSR count). The van der Waals surface area contributed by atoms with Crippen LogP contribution in [0.1, 0.15) is 129 Å². The van der Waals surface area contributed by atoms with Gasteiger partial charge in [0.05, 0.1) is 0 Å². The van der Waals surface area contributed by atoms with E-state index in [0.29, 0.717) is 0 Å². The Kier molecular flexibility index (Phi) is 18.5. The van der Waals surface area contributed by atoms with E-state index in [2.05, 4.69) is 23.8 Å². The molecule has 0 saturated carbocycles. The smallest absolute Gasteiger partial charge is 0.00160 e. The van der Waals surface area contributed by atoms with E-state index in [0.717, 1.165) is 11.8 Å². The lowest BCUT2D eigenvalue weighted by Gasteiger charge is -2.39. The molecule has 0 N–H and O–H groups in total. The zero-order valence-electron chi connectivity index (χ0n) is 21.4. The van der Waals surface area contributed by atoms with Crippen LogP contribution < -0.4 is 0 Å². The second-order valence-electron chi connectivity index (χ2n) is 10.8. The number of likely N-dealkylation sites (tertiary alicyclic amines) is 2. The molecule has 0 aromatic rings. The minimum absolute atomic E-state index is 0. The van der Waals surface area contributed by atoms with Gasteiger partial charge in [-0.05, 0) is 83.7 Å². The van der Waals surface area contributed by atoms with Gasteiger partial charge in [-0.1, -0.05) is 96.8 Å². The summed E-state index contributed by atoms with van der Waals surface area (Å²) in [6.07, 6.45) is 27.9. The topological polar surface area (TPSA) is 6.48 Å². The Balaban J connectivity index is 0.00000480. The standard InChI is InChI=1S/C28H56N2.ClH/c1-3-4-5-6-7-8-9-10-11-12-13-14-15-16-17-22-30-25-20-28(21-26-30)27-18-23-29(2)24-19-27;/h27-28H,3-26H2,1-2H3;1H. The van der Waals surface area contributed by atoms with Crippen LogP contribution >= 0.6 is 12.4 Å². The van der Waals surface area contributed by atoms with E-state index in [1.807, 2.05) is 0 Å². The fourth-order valence-electron chi connectivity index (χ4n) is 5.85. The lowest BCUT2D eigenvalue weighted by atomic mass is 9.79. The molecule has 2 saturated heterocycles. The van der Waals surface area contributed by atoms with Gasteiger partial charge in [-0.25, -0.2) is 0 Å². The molecule has 0 amide bonds. The molecule has 186 valence electrons. The van der Waals surface area contributed by atoms with Gasteiger partial charge in [-0.3, -0.25) is 0 Å². The summed E-state index contributed by atoms with van der Waals surface area (Å²) in [4.78, 5) is 5.29. The van der Waals surface area contributed by atoms with Crippen molar-refractivity contribution in [2.24, 2.45) is 11.8 Å². The molecule has 0 atom stereocenters. The normalized spacial score (nSPS) is 19.5. The minimum atomic E-state index is 0. The molecule has 2 aliphatic rings. The Morgan fingerprint density at radius 2 is 0.871 bits per heavy atom. The molecular weight excluding hydrogens is 400 g/mol. The average Bonchev–Trinajstić information content (AvgIpc) is 2.77. The fraction of sp³-hybridized carbons (Fsp3) is 1.00. The first-order valence-electron chi connectivity index (χ1n) is 14.2. The fourth-order valence-corrected chi connectivity index (χ4v) is 5.85. The van der Waals surface area contributed by atoms with Crippen molar-refractivity contribution in [3.05, 3.63) is 0 Å². The maximum absolute atomic E-state index is 2.77. The third-order valence-electron chi connectivity index (χ3n) is 8.14. The van der Waals surface area contributed by atoms with Crippen LogP contribution in [-0.2, 0) is 0 Å². The van der Waals surface area contributed by atoms with Crippen LogP contribution in [0.2, 0.25) is 0 Å². The lowest BCUT2D eigenvalue weighted by molar-refractivity contribution is 0.104. The Morgan fingerprint density at radius 3 is 1.29 bits per heavy atom. The number of piperidine rings is 2. The quantitative estimate of drug-likeness (QED) is 0.203. The first-order valence-corrected chi connectivity index (χ1v) is 14.2. The van der Waals surface area contributed by atoms with Crippen LogP contribution in [0.5, 0.6) is 0 Å². The maximum atomic E-state index is 2.77. The zero-order valence-corrected chi connectivity index (χ0v) is 22.2. The van der Waals surface area contributed by atoms with E-state index < -0.39 is 0 Å². The van der Waals surface area contributed by atoms with E-state index in [9.17, 15) is 0 Å². The van der Waals surface area contributed by atoms with Gasteiger partial charge in [0.25, 0.3) is 0 Å². The molecule has 3 heteroatoms. The van der Waals surface area contributed by atoms with Gasteiger partial charge in [-0.15, -0.1) is 12.4 Å². The van der Waals surface area contributed by atoms with Crippen LogP contribution in [0.3, 0.4) is 0 Å². The predicted molar refractivity (Wildman–Crippen MR) is 142 cm³/mol. The van der Waals surface area contributed by atoms with Gasteiger partial charge < -0.3 is 9.80 Å². The number of hydrogen-bond acceptors (Lipinski definition) is 2. The summed E-state index contributed by atoms with van der Waals surface area (Å²) in [5.41, 5.74) is 0. The van der Waals surface area contributed by atoms with Gasteiger partial charge in [0.15, 0.2) is 0 Å². The molecule has 31 heavy (non-hydrogen) atoms. The van der Waals surface area contributed by atoms with Gasteiger partial charge >= 0.3 is 0 Å². The van der Waals surface area contributed by atoms with Gasteiger partial charge in [0, 0.05) is 0 Å². The minimum Gasteiger partial charge on any atom is -0.306 e. The number of halogens is 1. The van der Waals surface area contributed by atoms with Crippen molar-refractivity contribution >= 4 is 12.4 Å². The summed E-state index contributed by atoms with van der Waals surface area (Å²) < 4.78 is 0. The van der Waals surface area contributed by atoms with Crippen molar-refractivity contribution in [1.82, 2.24) is 9.80 Å². The van der Waals surface area contributed by atoms with Crippen LogP contribution in [0, 0.1) is 11.8 Å². The van der Waals surface area contributed by atoms with Gasteiger partial charge in [-0.2, -0.15) is 0 Å². The van der Waals surface area contributed by atoms with E-state index in [1.165, 1.54) is 155 Å². The van der Waals surface area contributed by atoms with E-state index in [1.54, 1.807) is 0 Å². The summed E-state index contributed by atoms with van der Waals surface area (Å²) in [7, 11) is 2.29. The summed E-state index contributed by atoms with van der Waals surface area (Å²) in [5.74, 6) is 2.07. The second kappa shape index (κ2) is 19.7.